The summed E-state index contributed by atoms with van der Waals surface area (Å²) in [6.07, 6.45) is 3.60. The van der Waals surface area contributed by atoms with Gasteiger partial charge in [0.15, 0.2) is 0 Å². The fraction of sp³-hybridized carbons (Fsp3) is 0.500. The van der Waals surface area contributed by atoms with Gasteiger partial charge < -0.3 is 15.1 Å². The Kier molecular flexibility index (Phi) is 3.46. The molecule has 1 fully saturated rings. The second kappa shape index (κ2) is 5.03. The molecular formula is C12H18N4O. The molecule has 92 valence electrons. The molecule has 1 aromatic heterocycles. The zero-order chi connectivity index (χ0) is 12.3. The van der Waals surface area contributed by atoms with Crippen LogP contribution in [0.4, 0.5) is 11.4 Å². The van der Waals surface area contributed by atoms with Crippen LogP contribution in [0, 0.1) is 0 Å². The molecule has 0 aliphatic carbocycles. The normalized spacial score (nSPS) is 16.2. The SMILES string of the molecule is CCNc1cncc(N2CCN(C)C(=O)C2)c1. The third kappa shape index (κ3) is 2.67. The minimum Gasteiger partial charge on any atom is -0.384 e. The van der Waals surface area contributed by atoms with Crippen LogP contribution in [-0.4, -0.2) is 49.0 Å². The van der Waals surface area contributed by atoms with Crippen molar-refractivity contribution in [3.63, 3.8) is 0 Å². The Hall–Kier alpha value is -1.78. The maximum atomic E-state index is 11.6. The lowest BCUT2D eigenvalue weighted by Crippen LogP contribution is -2.48. The van der Waals surface area contributed by atoms with Gasteiger partial charge in [-0.25, -0.2) is 0 Å². The fourth-order valence-corrected chi connectivity index (χ4v) is 1.88. The maximum Gasteiger partial charge on any atom is 0.241 e. The Balaban J connectivity index is 2.11. The first-order valence-electron chi connectivity index (χ1n) is 5.88. The Morgan fingerprint density at radius 2 is 2.24 bits per heavy atom. The van der Waals surface area contributed by atoms with Crippen LogP contribution in [0.1, 0.15) is 6.92 Å². The van der Waals surface area contributed by atoms with Gasteiger partial charge in [-0.15, -0.1) is 0 Å². The monoisotopic (exact) mass is 234 g/mol. The predicted molar refractivity (Wildman–Crippen MR) is 68.3 cm³/mol. The molecule has 0 bridgehead atoms. The van der Waals surface area contributed by atoms with E-state index in [0.29, 0.717) is 6.54 Å². The molecule has 1 amide bonds. The number of carbonyl (C=O) groups excluding carboxylic acids is 1. The molecule has 1 aromatic rings. The molecule has 17 heavy (non-hydrogen) atoms. The van der Waals surface area contributed by atoms with Crippen LogP contribution in [-0.2, 0) is 4.79 Å². The first kappa shape index (κ1) is 11.7. The van der Waals surface area contributed by atoms with Crippen molar-refractivity contribution in [3.8, 4) is 0 Å². The number of pyridine rings is 1. The van der Waals surface area contributed by atoms with E-state index in [1.807, 2.05) is 20.0 Å². The van der Waals surface area contributed by atoms with Gasteiger partial charge in [0.1, 0.15) is 0 Å². The van der Waals surface area contributed by atoms with Crippen molar-refractivity contribution in [2.75, 3.05) is 43.4 Å². The van der Waals surface area contributed by atoms with Crippen molar-refractivity contribution >= 4 is 17.3 Å². The highest BCUT2D eigenvalue weighted by atomic mass is 16.2. The highest BCUT2D eigenvalue weighted by molar-refractivity contribution is 5.82. The molecule has 0 atom stereocenters. The summed E-state index contributed by atoms with van der Waals surface area (Å²) in [6, 6.07) is 2.04. The van der Waals surface area contributed by atoms with E-state index >= 15 is 0 Å². The van der Waals surface area contributed by atoms with E-state index in [4.69, 9.17) is 0 Å². The molecule has 5 heteroatoms. The van der Waals surface area contributed by atoms with Crippen molar-refractivity contribution in [3.05, 3.63) is 18.5 Å². The molecule has 0 spiro atoms. The zero-order valence-electron chi connectivity index (χ0n) is 10.3. The molecule has 0 unspecified atom stereocenters. The molecule has 2 rings (SSSR count). The predicted octanol–water partition coefficient (Wildman–Crippen LogP) is 0.792. The fourth-order valence-electron chi connectivity index (χ4n) is 1.88. The molecule has 2 heterocycles. The van der Waals surface area contributed by atoms with E-state index in [9.17, 15) is 4.79 Å². The number of piperazine rings is 1. The van der Waals surface area contributed by atoms with Crippen LogP contribution in [0.15, 0.2) is 18.5 Å². The molecule has 1 aliphatic heterocycles. The zero-order valence-corrected chi connectivity index (χ0v) is 10.3. The van der Waals surface area contributed by atoms with Gasteiger partial charge in [-0.2, -0.15) is 0 Å². The van der Waals surface area contributed by atoms with Crippen LogP contribution in [0.3, 0.4) is 0 Å². The van der Waals surface area contributed by atoms with E-state index in [0.717, 1.165) is 31.0 Å². The summed E-state index contributed by atoms with van der Waals surface area (Å²) in [6.45, 7) is 4.98. The van der Waals surface area contributed by atoms with E-state index in [1.54, 1.807) is 17.3 Å². The highest BCUT2D eigenvalue weighted by Crippen LogP contribution is 2.19. The van der Waals surface area contributed by atoms with Crippen molar-refractivity contribution < 1.29 is 4.79 Å². The lowest BCUT2D eigenvalue weighted by atomic mass is 10.2. The number of anilines is 2. The van der Waals surface area contributed by atoms with E-state index in [1.165, 1.54) is 0 Å². The second-order valence-corrected chi connectivity index (χ2v) is 4.20. The molecule has 1 aliphatic rings. The van der Waals surface area contributed by atoms with Crippen molar-refractivity contribution in [1.82, 2.24) is 9.88 Å². The van der Waals surface area contributed by atoms with Crippen molar-refractivity contribution in [2.24, 2.45) is 0 Å². The Morgan fingerprint density at radius 3 is 2.94 bits per heavy atom. The van der Waals surface area contributed by atoms with Gasteiger partial charge in [-0.3, -0.25) is 9.78 Å². The molecule has 0 radical (unpaired) electrons. The molecule has 1 N–H and O–H groups in total. The number of amides is 1. The van der Waals surface area contributed by atoms with Gasteiger partial charge >= 0.3 is 0 Å². The minimum atomic E-state index is 0.158. The molecule has 0 saturated carbocycles. The van der Waals surface area contributed by atoms with Gasteiger partial charge in [0.2, 0.25) is 5.91 Å². The number of aromatic nitrogens is 1. The Labute approximate surface area is 101 Å². The molecule has 5 nitrogen and oxygen atoms in total. The van der Waals surface area contributed by atoms with Crippen LogP contribution in [0.5, 0.6) is 0 Å². The Bertz CT molecular complexity index is 407. The number of carbonyl (C=O) groups is 1. The standard InChI is InChI=1S/C12H18N4O/c1-3-14-10-6-11(8-13-7-10)16-5-4-15(2)12(17)9-16/h6-8,14H,3-5,9H2,1-2H3. The largest absolute Gasteiger partial charge is 0.384 e. The number of rotatable bonds is 3. The summed E-state index contributed by atoms with van der Waals surface area (Å²) in [7, 11) is 1.84. The summed E-state index contributed by atoms with van der Waals surface area (Å²) in [5, 5.41) is 3.22. The summed E-state index contributed by atoms with van der Waals surface area (Å²) in [5.41, 5.74) is 2.00. The van der Waals surface area contributed by atoms with Gasteiger partial charge in [0.25, 0.3) is 0 Å². The van der Waals surface area contributed by atoms with E-state index < -0.39 is 0 Å². The minimum absolute atomic E-state index is 0.158. The number of nitrogens with one attached hydrogen (secondary N) is 1. The summed E-state index contributed by atoms with van der Waals surface area (Å²) in [4.78, 5) is 19.7. The van der Waals surface area contributed by atoms with Crippen LogP contribution in [0.25, 0.3) is 0 Å². The van der Waals surface area contributed by atoms with Gasteiger partial charge in [-0.1, -0.05) is 0 Å². The van der Waals surface area contributed by atoms with Crippen molar-refractivity contribution in [1.29, 1.82) is 0 Å². The number of hydrogen-bond acceptors (Lipinski definition) is 4. The molecular weight excluding hydrogens is 216 g/mol. The smallest absolute Gasteiger partial charge is 0.241 e. The quantitative estimate of drug-likeness (QED) is 0.840. The summed E-state index contributed by atoms with van der Waals surface area (Å²) >= 11 is 0. The van der Waals surface area contributed by atoms with Crippen LogP contribution < -0.4 is 10.2 Å². The average molecular weight is 234 g/mol. The van der Waals surface area contributed by atoms with E-state index in [-0.39, 0.29) is 5.91 Å². The van der Waals surface area contributed by atoms with Gasteiger partial charge in [0.05, 0.1) is 30.3 Å². The van der Waals surface area contributed by atoms with Crippen LogP contribution in [0.2, 0.25) is 0 Å². The van der Waals surface area contributed by atoms with Crippen LogP contribution >= 0.6 is 0 Å². The maximum absolute atomic E-state index is 11.6. The lowest BCUT2D eigenvalue weighted by Gasteiger charge is -2.33. The number of hydrogen-bond donors (Lipinski definition) is 1. The van der Waals surface area contributed by atoms with E-state index in [2.05, 4.69) is 15.2 Å². The van der Waals surface area contributed by atoms with Crippen molar-refractivity contribution in [2.45, 2.75) is 6.92 Å². The third-order valence-corrected chi connectivity index (χ3v) is 2.93. The molecule has 0 aromatic carbocycles. The highest BCUT2D eigenvalue weighted by Gasteiger charge is 2.21. The van der Waals surface area contributed by atoms with Gasteiger partial charge in [0, 0.05) is 26.7 Å². The topological polar surface area (TPSA) is 48.5 Å². The third-order valence-electron chi connectivity index (χ3n) is 2.93. The first-order valence-corrected chi connectivity index (χ1v) is 5.88. The summed E-state index contributed by atoms with van der Waals surface area (Å²) < 4.78 is 0. The first-order chi connectivity index (χ1) is 8.20. The summed E-state index contributed by atoms with van der Waals surface area (Å²) in [5.74, 6) is 0.158. The Morgan fingerprint density at radius 1 is 1.41 bits per heavy atom. The van der Waals surface area contributed by atoms with Gasteiger partial charge in [-0.05, 0) is 13.0 Å². The number of nitrogens with zero attached hydrogens (tertiary/aromatic N) is 3. The average Bonchev–Trinajstić information content (AvgIpc) is 2.33. The number of likely N-dealkylation sites (N-methyl/N-ethyl adjacent to an activating group) is 1. The lowest BCUT2D eigenvalue weighted by molar-refractivity contribution is -0.129. The molecule has 1 saturated heterocycles. The second-order valence-electron chi connectivity index (χ2n) is 4.20.